The van der Waals surface area contributed by atoms with E-state index in [9.17, 15) is 19.7 Å². The number of esters is 1. The summed E-state index contributed by atoms with van der Waals surface area (Å²) >= 11 is 0. The van der Waals surface area contributed by atoms with Crippen LogP contribution in [-0.4, -0.2) is 34.9 Å². The molecule has 138 valence electrons. The molecule has 1 aliphatic heterocycles. The van der Waals surface area contributed by atoms with Crippen LogP contribution in [0.3, 0.4) is 0 Å². The van der Waals surface area contributed by atoms with Gasteiger partial charge < -0.3 is 9.64 Å². The molecule has 1 aromatic carbocycles. The molecule has 0 spiro atoms. The molecule has 1 aromatic rings. The lowest BCUT2D eigenvalue weighted by Crippen LogP contribution is -2.28. The number of carbonyl (C=O) groups is 2. The molecule has 0 N–H and O–H groups in total. The zero-order valence-corrected chi connectivity index (χ0v) is 15.3. The van der Waals surface area contributed by atoms with Crippen molar-refractivity contribution in [1.82, 2.24) is 4.90 Å². The monoisotopic (exact) mass is 358 g/mol. The molecule has 0 unspecified atom stereocenters. The van der Waals surface area contributed by atoms with Crippen molar-refractivity contribution in [3.8, 4) is 0 Å². The number of amides is 1. The van der Waals surface area contributed by atoms with Crippen LogP contribution in [0.2, 0.25) is 0 Å². The second-order valence-electron chi connectivity index (χ2n) is 6.36. The van der Waals surface area contributed by atoms with Gasteiger partial charge in [0.15, 0.2) is 0 Å². The minimum Gasteiger partial charge on any atom is -0.462 e. The largest absolute Gasteiger partial charge is 0.462 e. The number of nitro groups is 1. The van der Waals surface area contributed by atoms with Crippen molar-refractivity contribution in [2.24, 2.45) is 5.92 Å². The highest BCUT2D eigenvalue weighted by atomic mass is 16.6. The average molecular weight is 358 g/mol. The van der Waals surface area contributed by atoms with Crippen LogP contribution in [-0.2, 0) is 14.3 Å². The van der Waals surface area contributed by atoms with E-state index in [1.165, 1.54) is 17.0 Å². The van der Waals surface area contributed by atoms with Gasteiger partial charge in [-0.25, -0.2) is 4.79 Å². The summed E-state index contributed by atoms with van der Waals surface area (Å²) in [6.07, 6.45) is 1.40. The van der Waals surface area contributed by atoms with Crippen LogP contribution < -0.4 is 0 Å². The second kappa shape index (κ2) is 7.95. The fourth-order valence-electron chi connectivity index (χ4n) is 2.85. The van der Waals surface area contributed by atoms with Crippen LogP contribution in [0.5, 0.6) is 0 Å². The highest BCUT2D eigenvalue weighted by molar-refractivity contribution is 6.16. The molecule has 0 aromatic heterocycles. The molecule has 2 rings (SSSR count). The van der Waals surface area contributed by atoms with Crippen molar-refractivity contribution in [2.75, 3.05) is 13.2 Å². The van der Waals surface area contributed by atoms with E-state index >= 15 is 0 Å². The molecule has 7 nitrogen and oxygen atoms in total. The molecule has 1 amide bonds. The Bertz CT molecular complexity index is 808. The van der Waals surface area contributed by atoms with Gasteiger partial charge in [-0.3, -0.25) is 14.9 Å². The molecule has 0 radical (unpaired) electrons. The standard InChI is InChI=1S/C19H22N2O5/c1-5-26-19(23)17-13(4)20(11-12(2)3)18(22)15(17)10-14-8-6-7-9-16(14)21(24)25/h6-10,12H,5,11H2,1-4H3/b15-10-. The number of allylic oxidation sites excluding steroid dienone is 1. The fourth-order valence-corrected chi connectivity index (χ4v) is 2.85. The lowest BCUT2D eigenvalue weighted by atomic mass is 10.0. The van der Waals surface area contributed by atoms with E-state index in [4.69, 9.17) is 4.74 Å². The molecule has 1 aliphatic rings. The summed E-state index contributed by atoms with van der Waals surface area (Å²) in [6.45, 7) is 7.92. The highest BCUT2D eigenvalue weighted by Gasteiger charge is 2.37. The maximum absolute atomic E-state index is 12.9. The van der Waals surface area contributed by atoms with Crippen molar-refractivity contribution in [1.29, 1.82) is 0 Å². The maximum Gasteiger partial charge on any atom is 0.340 e. The summed E-state index contributed by atoms with van der Waals surface area (Å²) in [7, 11) is 0. The van der Waals surface area contributed by atoms with Crippen molar-refractivity contribution in [3.63, 3.8) is 0 Å². The smallest absolute Gasteiger partial charge is 0.340 e. The van der Waals surface area contributed by atoms with Gasteiger partial charge in [-0.1, -0.05) is 26.0 Å². The first-order chi connectivity index (χ1) is 12.3. The van der Waals surface area contributed by atoms with Gasteiger partial charge in [-0.2, -0.15) is 0 Å². The maximum atomic E-state index is 12.9. The molecule has 1 heterocycles. The summed E-state index contributed by atoms with van der Waals surface area (Å²) in [4.78, 5) is 37.6. The second-order valence-corrected chi connectivity index (χ2v) is 6.36. The molecule has 7 heteroatoms. The summed E-state index contributed by atoms with van der Waals surface area (Å²) in [5.74, 6) is -0.755. The molecule has 0 saturated heterocycles. The van der Waals surface area contributed by atoms with Crippen molar-refractivity contribution in [2.45, 2.75) is 27.7 Å². The van der Waals surface area contributed by atoms with Gasteiger partial charge in [0.2, 0.25) is 0 Å². The Morgan fingerprint density at radius 3 is 2.58 bits per heavy atom. The van der Waals surface area contributed by atoms with Gasteiger partial charge >= 0.3 is 5.97 Å². The summed E-state index contributed by atoms with van der Waals surface area (Å²) in [6, 6.07) is 6.10. The Kier molecular flexibility index (Phi) is 5.92. The molecule has 0 aliphatic carbocycles. The quantitative estimate of drug-likeness (QED) is 0.337. The Hall–Kier alpha value is -2.96. The first kappa shape index (κ1) is 19.4. The van der Waals surface area contributed by atoms with E-state index in [1.54, 1.807) is 32.0 Å². The molecule has 26 heavy (non-hydrogen) atoms. The van der Waals surface area contributed by atoms with Crippen molar-refractivity contribution < 1.29 is 19.2 Å². The van der Waals surface area contributed by atoms with Crippen molar-refractivity contribution >= 4 is 23.6 Å². The van der Waals surface area contributed by atoms with E-state index in [1.807, 2.05) is 13.8 Å². The third-order valence-corrected chi connectivity index (χ3v) is 3.97. The number of carbonyl (C=O) groups excluding carboxylic acids is 2. The average Bonchev–Trinajstić information content (AvgIpc) is 2.79. The number of hydrogen-bond acceptors (Lipinski definition) is 5. The SMILES string of the molecule is CCOC(=O)C1=C(C)N(CC(C)C)C(=O)/C1=C\c1ccccc1[N+](=O)[O-]. The van der Waals surface area contributed by atoms with Gasteiger partial charge in [0, 0.05) is 18.3 Å². The predicted molar refractivity (Wildman–Crippen MR) is 97.0 cm³/mol. The van der Waals surface area contributed by atoms with Crippen LogP contribution in [0, 0.1) is 16.0 Å². The van der Waals surface area contributed by atoms with Crippen molar-refractivity contribution in [3.05, 3.63) is 56.8 Å². The molecule has 0 bridgehead atoms. The predicted octanol–water partition coefficient (Wildman–Crippen LogP) is 3.31. The van der Waals surface area contributed by atoms with Gasteiger partial charge in [0.1, 0.15) is 0 Å². The number of para-hydroxylation sites is 1. The van der Waals surface area contributed by atoms with E-state index in [0.717, 1.165) is 0 Å². The number of rotatable bonds is 6. The number of nitro benzene ring substituents is 1. The lowest BCUT2D eigenvalue weighted by Gasteiger charge is -2.19. The zero-order valence-electron chi connectivity index (χ0n) is 15.3. The summed E-state index contributed by atoms with van der Waals surface area (Å²) in [5.41, 5.74) is 0.927. The summed E-state index contributed by atoms with van der Waals surface area (Å²) in [5, 5.41) is 11.2. The van der Waals surface area contributed by atoms with E-state index in [2.05, 4.69) is 0 Å². The molecule has 0 atom stereocenters. The lowest BCUT2D eigenvalue weighted by molar-refractivity contribution is -0.385. The van der Waals surface area contributed by atoms with Crippen LogP contribution in [0.25, 0.3) is 6.08 Å². The normalized spacial score (nSPS) is 16.0. The summed E-state index contributed by atoms with van der Waals surface area (Å²) < 4.78 is 5.09. The number of hydrogen-bond donors (Lipinski definition) is 0. The molecule has 0 saturated carbocycles. The van der Waals surface area contributed by atoms with Gasteiger partial charge in [-0.15, -0.1) is 0 Å². The molecular formula is C19H22N2O5. The highest BCUT2D eigenvalue weighted by Crippen LogP contribution is 2.33. The third kappa shape index (κ3) is 3.82. The fraction of sp³-hybridized carbons (Fsp3) is 0.368. The Morgan fingerprint density at radius 2 is 2.00 bits per heavy atom. The van der Waals surface area contributed by atoms with E-state index < -0.39 is 10.9 Å². The number of ether oxygens (including phenoxy) is 1. The Morgan fingerprint density at radius 1 is 1.35 bits per heavy atom. The minimum absolute atomic E-state index is 0.121. The van der Waals surface area contributed by atoms with Gasteiger partial charge in [0.25, 0.3) is 11.6 Å². The van der Waals surface area contributed by atoms with Gasteiger partial charge in [0.05, 0.1) is 28.2 Å². The van der Waals surface area contributed by atoms with Crippen LogP contribution in [0.15, 0.2) is 41.1 Å². The van der Waals surface area contributed by atoms with Crippen LogP contribution >= 0.6 is 0 Å². The Balaban J connectivity index is 2.59. The molecule has 0 fully saturated rings. The number of nitrogens with zero attached hydrogens (tertiary/aromatic N) is 2. The Labute approximate surface area is 152 Å². The van der Waals surface area contributed by atoms with E-state index in [-0.39, 0.29) is 40.8 Å². The zero-order chi connectivity index (χ0) is 19.4. The topological polar surface area (TPSA) is 89.8 Å². The first-order valence-corrected chi connectivity index (χ1v) is 8.43. The van der Waals surface area contributed by atoms with Crippen LogP contribution in [0.4, 0.5) is 5.69 Å². The number of benzene rings is 1. The van der Waals surface area contributed by atoms with E-state index in [0.29, 0.717) is 12.2 Å². The molecular weight excluding hydrogens is 336 g/mol. The third-order valence-electron chi connectivity index (χ3n) is 3.97. The van der Waals surface area contributed by atoms with Crippen LogP contribution in [0.1, 0.15) is 33.3 Å². The first-order valence-electron chi connectivity index (χ1n) is 8.43. The minimum atomic E-state index is -0.602. The van der Waals surface area contributed by atoms with Gasteiger partial charge in [-0.05, 0) is 31.9 Å².